The van der Waals surface area contributed by atoms with E-state index in [1.165, 1.54) is 6.42 Å². The third-order valence-corrected chi connectivity index (χ3v) is 4.85. The number of hydrogen-bond acceptors (Lipinski definition) is 3. The lowest BCUT2D eigenvalue weighted by Crippen LogP contribution is -2.46. The number of aryl methyl sites for hydroxylation is 2. The molecule has 0 saturated carbocycles. The Hall–Kier alpha value is -0.580. The van der Waals surface area contributed by atoms with E-state index in [9.17, 15) is 0 Å². The first-order chi connectivity index (χ1) is 9.82. The van der Waals surface area contributed by atoms with E-state index < -0.39 is 0 Å². The fourth-order valence-corrected chi connectivity index (χ4v) is 3.14. The molecular weight excluding hydrogens is 284 g/mol. The van der Waals surface area contributed by atoms with E-state index in [4.69, 9.17) is 11.6 Å². The molecule has 1 aromatic heterocycles. The molecule has 1 atom stereocenters. The molecule has 1 unspecified atom stereocenters. The summed E-state index contributed by atoms with van der Waals surface area (Å²) in [5.74, 6) is 0. The van der Waals surface area contributed by atoms with Crippen LogP contribution in [0, 0.1) is 12.3 Å². The zero-order valence-corrected chi connectivity index (χ0v) is 14.8. The topological polar surface area (TPSA) is 33.1 Å². The summed E-state index contributed by atoms with van der Waals surface area (Å²) in [4.78, 5) is 2.52. The number of aromatic nitrogens is 2. The Balaban J connectivity index is 2.14. The van der Waals surface area contributed by atoms with Crippen molar-refractivity contribution in [2.75, 3.05) is 19.6 Å². The molecular formula is C16H29ClN4. The van der Waals surface area contributed by atoms with Crippen molar-refractivity contribution in [1.82, 2.24) is 20.0 Å². The lowest BCUT2D eigenvalue weighted by atomic mass is 9.86. The zero-order chi connectivity index (χ0) is 15.6. The van der Waals surface area contributed by atoms with Crippen LogP contribution >= 0.6 is 11.6 Å². The van der Waals surface area contributed by atoms with Crippen molar-refractivity contribution >= 4 is 11.6 Å². The number of halogens is 1. The molecule has 2 rings (SSSR count). The number of rotatable bonds is 3. The Kier molecular flexibility index (Phi) is 5.33. The molecule has 0 aliphatic carbocycles. The van der Waals surface area contributed by atoms with Crippen LogP contribution in [-0.4, -0.2) is 40.4 Å². The Bertz CT molecular complexity index is 475. The summed E-state index contributed by atoms with van der Waals surface area (Å²) in [6.45, 7) is 16.1. The van der Waals surface area contributed by atoms with Crippen LogP contribution in [0.1, 0.15) is 45.5 Å². The van der Waals surface area contributed by atoms with Crippen LogP contribution in [0.5, 0.6) is 0 Å². The molecule has 120 valence electrons. The van der Waals surface area contributed by atoms with Gasteiger partial charge in [0.05, 0.1) is 16.4 Å². The van der Waals surface area contributed by atoms with Crippen LogP contribution in [-0.2, 0) is 13.1 Å². The van der Waals surface area contributed by atoms with Crippen LogP contribution in [0.15, 0.2) is 0 Å². The summed E-state index contributed by atoms with van der Waals surface area (Å²) in [5.41, 5.74) is 2.37. The first-order valence-corrected chi connectivity index (χ1v) is 8.38. The van der Waals surface area contributed by atoms with Crippen molar-refractivity contribution in [1.29, 1.82) is 0 Å². The maximum Gasteiger partial charge on any atom is 0.0860 e. The maximum absolute atomic E-state index is 6.45. The highest BCUT2D eigenvalue weighted by molar-refractivity contribution is 6.31. The second kappa shape index (κ2) is 6.67. The smallest absolute Gasteiger partial charge is 0.0860 e. The first-order valence-electron chi connectivity index (χ1n) is 8.00. The molecule has 5 heteroatoms. The van der Waals surface area contributed by atoms with Crippen molar-refractivity contribution in [3.8, 4) is 0 Å². The van der Waals surface area contributed by atoms with Crippen molar-refractivity contribution in [3.05, 3.63) is 16.4 Å². The molecule has 1 aliphatic rings. The van der Waals surface area contributed by atoms with Crippen LogP contribution < -0.4 is 5.32 Å². The average molecular weight is 313 g/mol. The highest BCUT2D eigenvalue weighted by atomic mass is 35.5. The van der Waals surface area contributed by atoms with Crippen LogP contribution in [0.3, 0.4) is 0 Å². The minimum atomic E-state index is 0.271. The SMILES string of the molecule is CCn1nc(C)c(Cl)c1CN1CCCNC(C(C)(C)C)C1. The molecule has 2 heterocycles. The van der Waals surface area contributed by atoms with Crippen molar-refractivity contribution in [3.63, 3.8) is 0 Å². The van der Waals surface area contributed by atoms with Crippen molar-refractivity contribution < 1.29 is 0 Å². The van der Waals surface area contributed by atoms with Crippen LogP contribution in [0.25, 0.3) is 0 Å². The van der Waals surface area contributed by atoms with Crippen molar-refractivity contribution in [2.45, 2.75) is 60.2 Å². The molecule has 1 fully saturated rings. The molecule has 4 nitrogen and oxygen atoms in total. The van der Waals surface area contributed by atoms with Gasteiger partial charge in [-0.25, -0.2) is 0 Å². The van der Waals surface area contributed by atoms with Gasteiger partial charge in [0.1, 0.15) is 0 Å². The van der Waals surface area contributed by atoms with E-state index in [1.54, 1.807) is 0 Å². The Labute approximate surface area is 133 Å². The van der Waals surface area contributed by atoms with Gasteiger partial charge in [0.2, 0.25) is 0 Å². The van der Waals surface area contributed by atoms with Gasteiger partial charge in [-0.15, -0.1) is 0 Å². The summed E-state index contributed by atoms with van der Waals surface area (Å²) < 4.78 is 2.04. The fourth-order valence-electron chi connectivity index (χ4n) is 2.95. The summed E-state index contributed by atoms with van der Waals surface area (Å²) in [7, 11) is 0. The van der Waals surface area contributed by atoms with Gasteiger partial charge in [-0.3, -0.25) is 9.58 Å². The summed E-state index contributed by atoms with van der Waals surface area (Å²) >= 11 is 6.45. The van der Waals surface area contributed by atoms with Gasteiger partial charge in [-0.2, -0.15) is 5.10 Å². The molecule has 0 amide bonds. The van der Waals surface area contributed by atoms with Gasteiger partial charge in [0.15, 0.2) is 0 Å². The van der Waals surface area contributed by atoms with Gasteiger partial charge in [-0.1, -0.05) is 32.4 Å². The highest BCUT2D eigenvalue weighted by Crippen LogP contribution is 2.25. The molecule has 1 aliphatic heterocycles. The lowest BCUT2D eigenvalue weighted by molar-refractivity contribution is 0.189. The normalized spacial score (nSPS) is 21.5. The van der Waals surface area contributed by atoms with Gasteiger partial charge in [0.25, 0.3) is 0 Å². The van der Waals surface area contributed by atoms with Crippen LogP contribution in [0.4, 0.5) is 0 Å². The molecule has 1 N–H and O–H groups in total. The van der Waals surface area contributed by atoms with Gasteiger partial charge < -0.3 is 5.32 Å². The van der Waals surface area contributed by atoms with Gasteiger partial charge in [-0.05, 0) is 38.8 Å². The minimum absolute atomic E-state index is 0.271. The standard InChI is InChI=1S/C16H29ClN4/c1-6-21-13(15(17)12(2)19-21)10-20-9-7-8-18-14(11-20)16(3,4)5/h14,18H,6-11H2,1-5H3. The van der Waals surface area contributed by atoms with Gasteiger partial charge >= 0.3 is 0 Å². The summed E-state index contributed by atoms with van der Waals surface area (Å²) in [6, 6.07) is 0.512. The first kappa shape index (κ1) is 16.8. The summed E-state index contributed by atoms with van der Waals surface area (Å²) in [6.07, 6.45) is 1.18. The Morgan fingerprint density at radius 2 is 2.10 bits per heavy atom. The fraction of sp³-hybridized carbons (Fsp3) is 0.812. The molecule has 0 bridgehead atoms. The third-order valence-electron chi connectivity index (χ3n) is 4.35. The van der Waals surface area contributed by atoms with Crippen molar-refractivity contribution in [2.24, 2.45) is 5.41 Å². The zero-order valence-electron chi connectivity index (χ0n) is 14.0. The highest BCUT2D eigenvalue weighted by Gasteiger charge is 2.28. The predicted octanol–water partition coefficient (Wildman–Crippen LogP) is 3.07. The Morgan fingerprint density at radius 3 is 2.71 bits per heavy atom. The second-order valence-corrected chi connectivity index (χ2v) is 7.50. The largest absolute Gasteiger partial charge is 0.312 e. The van der Waals surface area contributed by atoms with E-state index >= 15 is 0 Å². The minimum Gasteiger partial charge on any atom is -0.312 e. The van der Waals surface area contributed by atoms with E-state index in [1.807, 2.05) is 11.6 Å². The number of nitrogens with one attached hydrogen (secondary N) is 1. The third kappa shape index (κ3) is 3.99. The average Bonchev–Trinajstić information content (AvgIpc) is 2.60. The van der Waals surface area contributed by atoms with E-state index in [0.29, 0.717) is 6.04 Å². The molecule has 1 saturated heterocycles. The lowest BCUT2D eigenvalue weighted by Gasteiger charge is -2.33. The monoisotopic (exact) mass is 312 g/mol. The summed E-state index contributed by atoms with van der Waals surface area (Å²) in [5, 5.41) is 9.05. The second-order valence-electron chi connectivity index (χ2n) is 7.12. The molecule has 0 aromatic carbocycles. The number of hydrogen-bond donors (Lipinski definition) is 1. The maximum atomic E-state index is 6.45. The molecule has 0 spiro atoms. The van der Waals surface area contributed by atoms with E-state index in [0.717, 1.165) is 49.1 Å². The van der Waals surface area contributed by atoms with E-state index in [-0.39, 0.29) is 5.41 Å². The number of nitrogens with zero attached hydrogens (tertiary/aromatic N) is 3. The molecule has 1 aromatic rings. The molecule has 0 radical (unpaired) electrons. The van der Waals surface area contributed by atoms with Gasteiger partial charge in [0, 0.05) is 25.7 Å². The predicted molar refractivity (Wildman–Crippen MR) is 88.8 cm³/mol. The van der Waals surface area contributed by atoms with Crippen LogP contribution in [0.2, 0.25) is 5.02 Å². The quantitative estimate of drug-likeness (QED) is 0.931. The Morgan fingerprint density at radius 1 is 1.38 bits per heavy atom. The van der Waals surface area contributed by atoms with E-state index in [2.05, 4.69) is 43.0 Å². The molecule has 21 heavy (non-hydrogen) atoms.